The Morgan fingerprint density at radius 2 is 1.97 bits per heavy atom. The van der Waals surface area contributed by atoms with E-state index in [-0.39, 0.29) is 29.1 Å². The number of nitrogens with zero attached hydrogens (tertiary/aromatic N) is 1. The van der Waals surface area contributed by atoms with Gasteiger partial charge in [-0.2, -0.15) is 0 Å². The Morgan fingerprint density at radius 3 is 2.69 bits per heavy atom. The molecule has 2 aromatic rings. The van der Waals surface area contributed by atoms with E-state index in [1.807, 2.05) is 0 Å². The second kappa shape index (κ2) is 9.47. The van der Waals surface area contributed by atoms with Gasteiger partial charge in [-0.05, 0) is 35.4 Å². The molecule has 0 bridgehead atoms. The lowest BCUT2D eigenvalue weighted by atomic mass is 10.1. The van der Waals surface area contributed by atoms with Crippen molar-refractivity contribution >= 4 is 15.7 Å². The van der Waals surface area contributed by atoms with Gasteiger partial charge in [-0.15, -0.1) is 0 Å². The third-order valence-electron chi connectivity index (χ3n) is 4.76. The van der Waals surface area contributed by atoms with Gasteiger partial charge in [0.15, 0.2) is 9.84 Å². The Labute approximate surface area is 170 Å². The van der Waals surface area contributed by atoms with Gasteiger partial charge in [0, 0.05) is 32.4 Å². The molecule has 1 unspecified atom stereocenters. The molecular formula is C21H25FN2O4S. The average Bonchev–Trinajstić information content (AvgIpc) is 2.68. The molecule has 1 aliphatic heterocycles. The molecule has 0 aliphatic carbocycles. The van der Waals surface area contributed by atoms with E-state index in [0.717, 1.165) is 18.4 Å². The smallest absolute Gasteiger partial charge is 0.224 e. The van der Waals surface area contributed by atoms with Gasteiger partial charge in [-0.25, -0.2) is 12.8 Å². The van der Waals surface area contributed by atoms with Crippen LogP contribution in [-0.2, 0) is 32.3 Å². The minimum Gasteiger partial charge on any atom is -0.374 e. The number of benzene rings is 2. The molecule has 3 rings (SSSR count). The van der Waals surface area contributed by atoms with Crippen molar-refractivity contribution in [3.8, 4) is 0 Å². The molecule has 6 nitrogen and oxygen atoms in total. The maximum atomic E-state index is 13.0. The lowest BCUT2D eigenvalue weighted by Gasteiger charge is -2.33. The van der Waals surface area contributed by atoms with Crippen LogP contribution in [0.25, 0.3) is 0 Å². The van der Waals surface area contributed by atoms with Crippen LogP contribution in [0.15, 0.2) is 53.4 Å². The first kappa shape index (κ1) is 21.4. The van der Waals surface area contributed by atoms with E-state index in [1.54, 1.807) is 24.3 Å². The van der Waals surface area contributed by atoms with Gasteiger partial charge in [-0.3, -0.25) is 9.69 Å². The number of hydrogen-bond acceptors (Lipinski definition) is 5. The van der Waals surface area contributed by atoms with Crippen molar-refractivity contribution in [1.29, 1.82) is 0 Å². The highest BCUT2D eigenvalue weighted by molar-refractivity contribution is 7.90. The first-order chi connectivity index (χ1) is 13.8. The first-order valence-electron chi connectivity index (χ1n) is 9.44. The van der Waals surface area contributed by atoms with E-state index >= 15 is 0 Å². The first-order valence-corrected chi connectivity index (χ1v) is 11.3. The van der Waals surface area contributed by atoms with Crippen molar-refractivity contribution in [3.63, 3.8) is 0 Å². The number of halogens is 1. The summed E-state index contributed by atoms with van der Waals surface area (Å²) in [5.41, 5.74) is 1.68. The van der Waals surface area contributed by atoms with E-state index in [1.165, 1.54) is 24.3 Å². The number of ether oxygens (including phenoxy) is 1. The van der Waals surface area contributed by atoms with Gasteiger partial charge in [0.25, 0.3) is 0 Å². The maximum absolute atomic E-state index is 13.0. The van der Waals surface area contributed by atoms with Crippen molar-refractivity contribution in [2.75, 3.05) is 32.5 Å². The minimum absolute atomic E-state index is 0.107. The molecule has 1 atom stereocenters. The summed E-state index contributed by atoms with van der Waals surface area (Å²) < 4.78 is 42.1. The molecule has 2 aromatic carbocycles. The number of amides is 1. The summed E-state index contributed by atoms with van der Waals surface area (Å²) in [6, 6.07) is 12.8. The van der Waals surface area contributed by atoms with Crippen molar-refractivity contribution in [2.45, 2.75) is 24.0 Å². The highest BCUT2D eigenvalue weighted by atomic mass is 32.2. The van der Waals surface area contributed by atoms with E-state index in [2.05, 4.69) is 10.2 Å². The fraction of sp³-hybridized carbons (Fsp3) is 0.381. The van der Waals surface area contributed by atoms with Crippen LogP contribution in [0.5, 0.6) is 0 Å². The Kier molecular flexibility index (Phi) is 7.00. The van der Waals surface area contributed by atoms with Crippen LogP contribution in [0.1, 0.15) is 11.1 Å². The molecular weight excluding hydrogens is 395 g/mol. The van der Waals surface area contributed by atoms with E-state index in [4.69, 9.17) is 4.74 Å². The average molecular weight is 421 g/mol. The van der Waals surface area contributed by atoms with Crippen LogP contribution in [-0.4, -0.2) is 57.8 Å². The van der Waals surface area contributed by atoms with Crippen LogP contribution >= 0.6 is 0 Å². The fourth-order valence-corrected chi connectivity index (χ4v) is 3.95. The predicted molar refractivity (Wildman–Crippen MR) is 108 cm³/mol. The fourth-order valence-electron chi connectivity index (χ4n) is 3.26. The Hall–Kier alpha value is -2.29. The molecule has 1 amide bonds. The molecule has 29 heavy (non-hydrogen) atoms. The van der Waals surface area contributed by atoms with Crippen molar-refractivity contribution in [3.05, 3.63) is 65.5 Å². The van der Waals surface area contributed by atoms with Crippen LogP contribution < -0.4 is 5.32 Å². The third-order valence-corrected chi connectivity index (χ3v) is 5.87. The summed E-state index contributed by atoms with van der Waals surface area (Å²) in [6.45, 7) is 3.09. The largest absolute Gasteiger partial charge is 0.374 e. The number of carbonyl (C=O) groups is 1. The predicted octanol–water partition coefficient (Wildman–Crippen LogP) is 1.79. The zero-order valence-corrected chi connectivity index (χ0v) is 17.1. The van der Waals surface area contributed by atoms with Crippen LogP contribution in [0, 0.1) is 5.82 Å². The molecule has 0 spiro atoms. The monoisotopic (exact) mass is 420 g/mol. The summed E-state index contributed by atoms with van der Waals surface area (Å²) in [7, 11) is -3.30. The zero-order valence-electron chi connectivity index (χ0n) is 16.3. The second-order valence-corrected chi connectivity index (χ2v) is 9.27. The van der Waals surface area contributed by atoms with E-state index in [9.17, 15) is 17.6 Å². The van der Waals surface area contributed by atoms with Crippen molar-refractivity contribution in [2.24, 2.45) is 0 Å². The zero-order chi connectivity index (χ0) is 20.9. The third kappa shape index (κ3) is 6.62. The quantitative estimate of drug-likeness (QED) is 0.739. The highest BCUT2D eigenvalue weighted by Crippen LogP contribution is 2.13. The second-order valence-electron chi connectivity index (χ2n) is 7.25. The summed E-state index contributed by atoms with van der Waals surface area (Å²) in [5, 5.41) is 2.86. The molecule has 156 valence electrons. The Morgan fingerprint density at radius 1 is 1.21 bits per heavy atom. The maximum Gasteiger partial charge on any atom is 0.224 e. The van der Waals surface area contributed by atoms with Gasteiger partial charge >= 0.3 is 0 Å². The number of carbonyl (C=O) groups excluding carboxylic acids is 1. The van der Waals surface area contributed by atoms with E-state index < -0.39 is 9.84 Å². The molecule has 0 radical (unpaired) electrons. The lowest BCUT2D eigenvalue weighted by molar-refractivity contribution is -0.121. The molecule has 0 aromatic heterocycles. The molecule has 1 saturated heterocycles. The molecule has 1 N–H and O–H groups in total. The number of morpholine rings is 1. The number of hydrogen-bond donors (Lipinski definition) is 1. The van der Waals surface area contributed by atoms with Crippen LogP contribution in [0.2, 0.25) is 0 Å². The summed E-state index contributed by atoms with van der Waals surface area (Å²) in [6.07, 6.45) is 1.12. The molecule has 1 heterocycles. The van der Waals surface area contributed by atoms with Crippen molar-refractivity contribution in [1.82, 2.24) is 10.2 Å². The molecule has 0 saturated carbocycles. The summed E-state index contributed by atoms with van der Waals surface area (Å²) >= 11 is 0. The Bertz CT molecular complexity index is 947. The number of sulfone groups is 1. The topological polar surface area (TPSA) is 75.7 Å². The van der Waals surface area contributed by atoms with Gasteiger partial charge < -0.3 is 10.1 Å². The SMILES string of the molecule is CS(=O)(=O)c1cccc(CC(=O)NCC2CN(Cc3ccc(F)cc3)CCO2)c1. The standard InChI is InChI=1S/C21H25FN2O4S/c1-29(26,27)20-4-2-3-17(11-20)12-21(25)23-13-19-15-24(9-10-28-19)14-16-5-7-18(22)8-6-16/h2-8,11,19H,9-10,12-15H2,1H3,(H,23,25). The summed E-state index contributed by atoms with van der Waals surface area (Å²) in [4.78, 5) is 14.7. The summed E-state index contributed by atoms with van der Waals surface area (Å²) in [5.74, 6) is -0.437. The normalized spacial score (nSPS) is 17.8. The van der Waals surface area contributed by atoms with Crippen LogP contribution in [0.4, 0.5) is 4.39 Å². The molecule has 1 fully saturated rings. The Balaban J connectivity index is 1.48. The van der Waals surface area contributed by atoms with Crippen LogP contribution in [0.3, 0.4) is 0 Å². The number of rotatable bonds is 7. The van der Waals surface area contributed by atoms with E-state index in [0.29, 0.717) is 31.8 Å². The highest BCUT2D eigenvalue weighted by Gasteiger charge is 2.21. The lowest BCUT2D eigenvalue weighted by Crippen LogP contribution is -2.47. The van der Waals surface area contributed by atoms with Gasteiger partial charge in [0.2, 0.25) is 5.91 Å². The van der Waals surface area contributed by atoms with Gasteiger partial charge in [0.1, 0.15) is 5.82 Å². The molecule has 1 aliphatic rings. The van der Waals surface area contributed by atoms with Gasteiger partial charge in [-0.1, -0.05) is 24.3 Å². The minimum atomic E-state index is -3.30. The number of nitrogens with one attached hydrogen (secondary N) is 1. The van der Waals surface area contributed by atoms with Gasteiger partial charge in [0.05, 0.1) is 24.0 Å². The molecule has 8 heteroatoms. The van der Waals surface area contributed by atoms with Crippen molar-refractivity contribution < 1.29 is 22.3 Å².